The first-order valence-corrected chi connectivity index (χ1v) is 4.37. The van der Waals surface area contributed by atoms with Gasteiger partial charge in [0.2, 0.25) is 0 Å². The van der Waals surface area contributed by atoms with Gasteiger partial charge in [0.15, 0.2) is 6.04 Å². The lowest BCUT2D eigenvalue weighted by molar-refractivity contribution is -0.396. The van der Waals surface area contributed by atoms with Crippen LogP contribution in [0.15, 0.2) is 24.3 Å². The van der Waals surface area contributed by atoms with E-state index in [4.69, 9.17) is 11.6 Å². The zero-order valence-electron chi connectivity index (χ0n) is 7.38. The summed E-state index contributed by atoms with van der Waals surface area (Å²) in [5.41, 5.74) is 4.31. The van der Waals surface area contributed by atoms with E-state index in [0.29, 0.717) is 10.7 Å². The maximum Gasteiger partial charge on any atom is 0.282 e. The molecule has 4 heteroatoms. The molecule has 0 fully saturated rings. The molecule has 0 radical (unpaired) electrons. The summed E-state index contributed by atoms with van der Waals surface area (Å²) < 4.78 is 0. The van der Waals surface area contributed by atoms with Gasteiger partial charge < -0.3 is 11.1 Å². The van der Waals surface area contributed by atoms with Crippen LogP contribution in [0, 0.1) is 0 Å². The number of rotatable bonds is 2. The van der Waals surface area contributed by atoms with Crippen molar-refractivity contribution < 1.29 is 10.5 Å². The third-order valence-corrected chi connectivity index (χ3v) is 1.77. The summed E-state index contributed by atoms with van der Waals surface area (Å²) >= 11 is 5.74. The SMILES string of the molecule is CC([NH3+])C(=O)Nc1cccc(Cl)c1. The minimum absolute atomic E-state index is 0.109. The summed E-state index contributed by atoms with van der Waals surface area (Å²) in [4.78, 5) is 11.2. The summed E-state index contributed by atoms with van der Waals surface area (Å²) in [5.74, 6) is -0.109. The summed E-state index contributed by atoms with van der Waals surface area (Å²) in [5, 5.41) is 3.30. The molecule has 0 heterocycles. The molecule has 13 heavy (non-hydrogen) atoms. The highest BCUT2D eigenvalue weighted by Gasteiger charge is 2.10. The Morgan fingerprint density at radius 1 is 1.62 bits per heavy atom. The number of quaternary nitrogens is 1. The second-order valence-corrected chi connectivity index (χ2v) is 3.34. The van der Waals surface area contributed by atoms with Gasteiger partial charge in [0.1, 0.15) is 0 Å². The number of anilines is 1. The number of hydrogen-bond donors (Lipinski definition) is 2. The van der Waals surface area contributed by atoms with Gasteiger partial charge in [-0.3, -0.25) is 4.79 Å². The number of nitrogens with one attached hydrogen (secondary N) is 1. The fourth-order valence-electron chi connectivity index (χ4n) is 0.832. The lowest BCUT2D eigenvalue weighted by Gasteiger charge is -2.05. The average Bonchev–Trinajstić information content (AvgIpc) is 2.04. The van der Waals surface area contributed by atoms with Crippen LogP contribution >= 0.6 is 11.6 Å². The third kappa shape index (κ3) is 3.05. The van der Waals surface area contributed by atoms with Crippen LogP contribution in [-0.4, -0.2) is 11.9 Å². The van der Waals surface area contributed by atoms with E-state index in [2.05, 4.69) is 11.1 Å². The average molecular weight is 200 g/mol. The van der Waals surface area contributed by atoms with Crippen molar-refractivity contribution in [3.63, 3.8) is 0 Å². The Bertz CT molecular complexity index is 312. The Kier molecular flexibility index (Phi) is 3.28. The molecule has 0 bridgehead atoms. The lowest BCUT2D eigenvalue weighted by Crippen LogP contribution is -2.64. The van der Waals surface area contributed by atoms with Crippen molar-refractivity contribution in [1.29, 1.82) is 0 Å². The molecule has 4 N–H and O–H groups in total. The van der Waals surface area contributed by atoms with Crippen LogP contribution in [0.1, 0.15) is 6.92 Å². The van der Waals surface area contributed by atoms with Gasteiger partial charge in [-0.1, -0.05) is 17.7 Å². The maximum absolute atomic E-state index is 11.2. The molecular weight excluding hydrogens is 188 g/mol. The minimum Gasteiger partial charge on any atom is -0.348 e. The van der Waals surface area contributed by atoms with Crippen molar-refractivity contribution in [2.45, 2.75) is 13.0 Å². The molecule has 1 atom stereocenters. The van der Waals surface area contributed by atoms with Gasteiger partial charge in [-0.25, -0.2) is 0 Å². The van der Waals surface area contributed by atoms with Gasteiger partial charge >= 0.3 is 0 Å². The first-order valence-electron chi connectivity index (χ1n) is 3.99. The van der Waals surface area contributed by atoms with Gasteiger partial charge in [-0.15, -0.1) is 0 Å². The normalized spacial score (nSPS) is 12.2. The fraction of sp³-hybridized carbons (Fsp3) is 0.222. The predicted octanol–water partition coefficient (Wildman–Crippen LogP) is 0.909. The molecule has 0 aromatic heterocycles. The van der Waals surface area contributed by atoms with Crippen LogP contribution < -0.4 is 11.1 Å². The first kappa shape index (κ1) is 10.0. The number of amides is 1. The molecular formula is C9H12ClN2O+. The Morgan fingerprint density at radius 3 is 2.85 bits per heavy atom. The van der Waals surface area contributed by atoms with Crippen LogP contribution in [0.3, 0.4) is 0 Å². The van der Waals surface area contributed by atoms with Crippen molar-refractivity contribution >= 4 is 23.2 Å². The van der Waals surface area contributed by atoms with Gasteiger partial charge in [-0.2, -0.15) is 0 Å². The van der Waals surface area contributed by atoms with E-state index in [1.54, 1.807) is 31.2 Å². The third-order valence-electron chi connectivity index (χ3n) is 1.54. The van der Waals surface area contributed by atoms with Gasteiger partial charge in [0, 0.05) is 10.7 Å². The first-order chi connectivity index (χ1) is 6.09. The smallest absolute Gasteiger partial charge is 0.282 e. The zero-order chi connectivity index (χ0) is 9.84. The summed E-state index contributed by atoms with van der Waals surface area (Å²) in [6, 6.07) is 6.75. The monoisotopic (exact) mass is 199 g/mol. The molecule has 70 valence electrons. The molecule has 1 amide bonds. The number of halogens is 1. The molecule has 1 aromatic carbocycles. The number of carbonyl (C=O) groups excluding carboxylic acids is 1. The molecule has 0 aliphatic carbocycles. The fourth-order valence-corrected chi connectivity index (χ4v) is 1.02. The number of benzene rings is 1. The maximum atomic E-state index is 11.2. The van der Waals surface area contributed by atoms with Crippen molar-refractivity contribution in [3.8, 4) is 0 Å². The van der Waals surface area contributed by atoms with E-state index in [1.807, 2.05) is 0 Å². The van der Waals surface area contributed by atoms with Gasteiger partial charge in [0.05, 0.1) is 0 Å². The molecule has 0 aliphatic rings. The molecule has 3 nitrogen and oxygen atoms in total. The summed E-state index contributed by atoms with van der Waals surface area (Å²) in [6.07, 6.45) is 0. The summed E-state index contributed by atoms with van der Waals surface area (Å²) in [7, 11) is 0. The van der Waals surface area contributed by atoms with E-state index < -0.39 is 0 Å². The largest absolute Gasteiger partial charge is 0.348 e. The quantitative estimate of drug-likeness (QED) is 0.731. The molecule has 0 saturated carbocycles. The predicted molar refractivity (Wildman–Crippen MR) is 52.4 cm³/mol. The highest BCUT2D eigenvalue weighted by atomic mass is 35.5. The minimum atomic E-state index is -0.265. The van der Waals surface area contributed by atoms with Crippen LogP contribution in [0.4, 0.5) is 5.69 Å². The molecule has 1 unspecified atom stereocenters. The van der Waals surface area contributed by atoms with Crippen LogP contribution in [0.5, 0.6) is 0 Å². The Morgan fingerprint density at radius 2 is 2.31 bits per heavy atom. The topological polar surface area (TPSA) is 56.7 Å². The van der Waals surface area contributed by atoms with E-state index in [-0.39, 0.29) is 11.9 Å². The summed E-state index contributed by atoms with van der Waals surface area (Å²) in [6.45, 7) is 1.74. The van der Waals surface area contributed by atoms with E-state index >= 15 is 0 Å². The highest BCUT2D eigenvalue weighted by Crippen LogP contribution is 2.14. The number of carbonyl (C=O) groups is 1. The van der Waals surface area contributed by atoms with Crippen LogP contribution in [-0.2, 0) is 4.79 Å². The second kappa shape index (κ2) is 4.25. The Hall–Kier alpha value is -1.06. The standard InChI is InChI=1S/C9H11ClN2O/c1-6(11)9(13)12-8-4-2-3-7(10)5-8/h2-6H,11H2,1H3,(H,12,13)/p+1. The zero-order valence-corrected chi connectivity index (χ0v) is 8.14. The lowest BCUT2D eigenvalue weighted by atomic mass is 10.3. The van der Waals surface area contributed by atoms with Crippen molar-refractivity contribution in [1.82, 2.24) is 0 Å². The molecule has 1 rings (SSSR count). The van der Waals surface area contributed by atoms with E-state index in [9.17, 15) is 4.79 Å². The van der Waals surface area contributed by atoms with Crippen molar-refractivity contribution in [2.24, 2.45) is 0 Å². The number of hydrogen-bond acceptors (Lipinski definition) is 1. The molecule has 0 spiro atoms. The van der Waals surface area contributed by atoms with Crippen LogP contribution in [0.25, 0.3) is 0 Å². The highest BCUT2D eigenvalue weighted by molar-refractivity contribution is 6.30. The van der Waals surface area contributed by atoms with Crippen molar-refractivity contribution in [2.75, 3.05) is 5.32 Å². The molecule has 0 saturated heterocycles. The van der Waals surface area contributed by atoms with Gasteiger partial charge in [-0.05, 0) is 25.1 Å². The Labute approximate surface area is 81.9 Å². The molecule has 1 aromatic rings. The van der Waals surface area contributed by atoms with Crippen molar-refractivity contribution in [3.05, 3.63) is 29.3 Å². The van der Waals surface area contributed by atoms with Crippen LogP contribution in [0.2, 0.25) is 5.02 Å². The van der Waals surface area contributed by atoms with Gasteiger partial charge in [0.25, 0.3) is 5.91 Å². The Balaban J connectivity index is 2.69. The van der Waals surface area contributed by atoms with E-state index in [1.165, 1.54) is 0 Å². The molecule has 0 aliphatic heterocycles. The second-order valence-electron chi connectivity index (χ2n) is 2.90. The van der Waals surface area contributed by atoms with E-state index in [0.717, 1.165) is 0 Å².